The average Bonchev–Trinajstić information content (AvgIpc) is 2.56. The summed E-state index contributed by atoms with van der Waals surface area (Å²) in [5, 5.41) is 2.62. The Kier molecular flexibility index (Phi) is 7.65. The third-order valence-corrected chi connectivity index (χ3v) is 4.99. The molecule has 140 valence electrons. The molecule has 0 radical (unpaired) electrons. The van der Waals surface area contributed by atoms with E-state index in [0.29, 0.717) is 39.6 Å². The fourth-order valence-corrected chi connectivity index (χ4v) is 3.44. The Morgan fingerprint density at radius 1 is 1.27 bits per heavy atom. The van der Waals surface area contributed by atoms with Gasteiger partial charge in [0.2, 0.25) is 5.91 Å². The molecule has 1 aromatic carbocycles. The van der Waals surface area contributed by atoms with E-state index in [1.165, 1.54) is 18.2 Å². The highest BCUT2D eigenvalue weighted by Crippen LogP contribution is 2.26. The summed E-state index contributed by atoms with van der Waals surface area (Å²) in [6, 6.07) is 7.65. The van der Waals surface area contributed by atoms with Crippen LogP contribution in [0.5, 0.6) is 0 Å². The molecule has 5 nitrogen and oxygen atoms in total. The van der Waals surface area contributed by atoms with Crippen LogP contribution in [0.25, 0.3) is 0 Å². The Morgan fingerprint density at radius 2 is 1.96 bits per heavy atom. The quantitative estimate of drug-likeness (QED) is 0.515. The summed E-state index contributed by atoms with van der Waals surface area (Å²) in [4.78, 5) is 31.4. The molecule has 1 atom stereocenters. The molecule has 1 heterocycles. The lowest BCUT2D eigenvalue weighted by Gasteiger charge is -2.12. The van der Waals surface area contributed by atoms with Crippen molar-refractivity contribution < 1.29 is 13.6 Å². The minimum absolute atomic E-state index is 0.245. The van der Waals surface area contributed by atoms with Crippen molar-refractivity contribution in [3.8, 4) is 0 Å². The molecule has 0 saturated carbocycles. The van der Waals surface area contributed by atoms with Crippen LogP contribution in [-0.2, 0) is 11.2 Å². The van der Waals surface area contributed by atoms with Crippen LogP contribution in [-0.4, -0.2) is 26.9 Å². The number of carbonyl (C=O) groups excluding carboxylic acids is 1. The Labute approximate surface area is 158 Å². The maximum absolute atomic E-state index is 12.3. The number of halogens is 2. The maximum Gasteiger partial charge on any atom is 0.288 e. The molecule has 0 aliphatic rings. The number of rotatable bonds is 8. The van der Waals surface area contributed by atoms with Gasteiger partial charge < -0.3 is 10.3 Å². The molecule has 26 heavy (non-hydrogen) atoms. The zero-order valence-corrected chi connectivity index (χ0v) is 15.9. The summed E-state index contributed by atoms with van der Waals surface area (Å²) >= 11 is 1.60. The number of benzene rings is 1. The molecule has 1 aromatic heterocycles. The van der Waals surface area contributed by atoms with Crippen molar-refractivity contribution in [3.63, 3.8) is 0 Å². The van der Waals surface area contributed by atoms with E-state index in [-0.39, 0.29) is 11.5 Å². The highest BCUT2D eigenvalue weighted by Gasteiger charge is 2.16. The summed E-state index contributed by atoms with van der Waals surface area (Å²) in [5.41, 5.74) is 0.964. The topological polar surface area (TPSA) is 74.8 Å². The number of aromatic nitrogens is 2. The predicted molar refractivity (Wildman–Crippen MR) is 101 cm³/mol. The number of aryl methyl sites for hydroxylation is 1. The first-order valence-electron chi connectivity index (χ1n) is 8.00. The predicted octanol–water partition coefficient (Wildman–Crippen LogP) is 4.16. The van der Waals surface area contributed by atoms with Crippen LogP contribution in [0.3, 0.4) is 0 Å². The molecule has 0 saturated heterocycles. The Morgan fingerprint density at radius 3 is 2.58 bits per heavy atom. The lowest BCUT2D eigenvalue weighted by Crippen LogP contribution is -2.23. The lowest BCUT2D eigenvalue weighted by molar-refractivity contribution is -0.115. The normalized spacial score (nSPS) is 12.2. The number of H-pyrrole nitrogens is 1. The molecular weight excluding hydrogens is 380 g/mol. The standard InChI is InChI=1S/C17H19F2N3O2S2/c1-3-4-12-9-14(23)22-17(21-12)25-10(2)15(24)20-11-5-7-13(8-6-11)26-16(18)19/h5-10,16H,3-4H2,1-2H3,(H,20,24)(H,21,22,23)/t10-/m0/s1. The molecule has 1 amide bonds. The highest BCUT2D eigenvalue weighted by atomic mass is 32.2. The molecule has 9 heteroatoms. The van der Waals surface area contributed by atoms with E-state index < -0.39 is 11.0 Å². The van der Waals surface area contributed by atoms with Gasteiger partial charge in [0.25, 0.3) is 11.3 Å². The lowest BCUT2D eigenvalue weighted by atomic mass is 10.2. The minimum Gasteiger partial charge on any atom is -0.325 e. The molecule has 0 aliphatic carbocycles. The molecule has 0 bridgehead atoms. The number of hydrogen-bond donors (Lipinski definition) is 2. The zero-order valence-electron chi connectivity index (χ0n) is 14.3. The van der Waals surface area contributed by atoms with Gasteiger partial charge in [0.15, 0.2) is 5.16 Å². The number of hydrogen-bond acceptors (Lipinski definition) is 5. The van der Waals surface area contributed by atoms with E-state index in [4.69, 9.17) is 0 Å². The first kappa shape index (κ1) is 20.4. The second-order valence-electron chi connectivity index (χ2n) is 5.44. The van der Waals surface area contributed by atoms with Crippen molar-refractivity contribution in [1.29, 1.82) is 0 Å². The van der Waals surface area contributed by atoms with Gasteiger partial charge in [-0.25, -0.2) is 4.98 Å². The first-order valence-corrected chi connectivity index (χ1v) is 9.76. The van der Waals surface area contributed by atoms with E-state index >= 15 is 0 Å². The van der Waals surface area contributed by atoms with Gasteiger partial charge in [-0.1, -0.05) is 36.9 Å². The fraction of sp³-hybridized carbons (Fsp3) is 0.353. The number of anilines is 1. The largest absolute Gasteiger partial charge is 0.325 e. The monoisotopic (exact) mass is 399 g/mol. The van der Waals surface area contributed by atoms with Crippen LogP contribution in [0, 0.1) is 0 Å². The van der Waals surface area contributed by atoms with E-state index in [2.05, 4.69) is 15.3 Å². The van der Waals surface area contributed by atoms with Gasteiger partial charge in [-0.15, -0.1) is 0 Å². The van der Waals surface area contributed by atoms with Gasteiger partial charge >= 0.3 is 0 Å². The number of alkyl halides is 2. The number of aromatic amines is 1. The number of nitrogens with zero attached hydrogens (tertiary/aromatic N) is 1. The van der Waals surface area contributed by atoms with Gasteiger partial charge in [-0.2, -0.15) is 8.78 Å². The number of amides is 1. The van der Waals surface area contributed by atoms with Gasteiger partial charge in [0.05, 0.1) is 5.25 Å². The van der Waals surface area contributed by atoms with E-state index in [1.54, 1.807) is 19.1 Å². The smallest absolute Gasteiger partial charge is 0.288 e. The summed E-state index contributed by atoms with van der Waals surface area (Å²) in [6.45, 7) is 3.70. The SMILES string of the molecule is CCCc1cc(=O)[nH]c(S[C@@H](C)C(=O)Nc2ccc(SC(F)F)cc2)n1. The summed E-state index contributed by atoms with van der Waals surface area (Å²) < 4.78 is 24.6. The Bertz CT molecular complexity index is 797. The Balaban J connectivity index is 1.98. The highest BCUT2D eigenvalue weighted by molar-refractivity contribution is 8.00. The van der Waals surface area contributed by atoms with Crippen molar-refractivity contribution in [1.82, 2.24) is 9.97 Å². The molecule has 0 unspecified atom stereocenters. The van der Waals surface area contributed by atoms with Crippen molar-refractivity contribution in [2.24, 2.45) is 0 Å². The number of carbonyl (C=O) groups is 1. The summed E-state index contributed by atoms with van der Waals surface area (Å²) in [7, 11) is 0. The van der Waals surface area contributed by atoms with Crippen molar-refractivity contribution in [2.45, 2.75) is 47.7 Å². The van der Waals surface area contributed by atoms with E-state index in [0.717, 1.165) is 18.2 Å². The molecule has 2 rings (SSSR count). The van der Waals surface area contributed by atoms with Gasteiger partial charge in [-0.3, -0.25) is 9.59 Å². The molecule has 0 fully saturated rings. The first-order chi connectivity index (χ1) is 12.4. The summed E-state index contributed by atoms with van der Waals surface area (Å²) in [6.07, 6.45) is 1.57. The third-order valence-electron chi connectivity index (χ3n) is 3.28. The van der Waals surface area contributed by atoms with Crippen LogP contribution in [0.1, 0.15) is 26.0 Å². The van der Waals surface area contributed by atoms with E-state index in [1.807, 2.05) is 6.92 Å². The molecule has 2 N–H and O–H groups in total. The van der Waals surface area contributed by atoms with E-state index in [9.17, 15) is 18.4 Å². The summed E-state index contributed by atoms with van der Waals surface area (Å²) in [5.74, 6) is -2.75. The average molecular weight is 399 g/mol. The van der Waals surface area contributed by atoms with Crippen LogP contribution in [0.2, 0.25) is 0 Å². The molecular formula is C17H19F2N3O2S2. The number of thioether (sulfide) groups is 2. The Hall–Kier alpha value is -1.87. The second-order valence-corrected chi connectivity index (χ2v) is 7.84. The van der Waals surface area contributed by atoms with Crippen LogP contribution >= 0.6 is 23.5 Å². The molecule has 0 aliphatic heterocycles. The van der Waals surface area contributed by atoms with Crippen molar-refractivity contribution in [2.75, 3.05) is 5.32 Å². The van der Waals surface area contributed by atoms with Crippen LogP contribution < -0.4 is 10.9 Å². The zero-order chi connectivity index (χ0) is 19.1. The third kappa shape index (κ3) is 6.45. The van der Waals surface area contributed by atoms with Crippen molar-refractivity contribution in [3.05, 3.63) is 46.4 Å². The fourth-order valence-electron chi connectivity index (χ4n) is 2.11. The van der Waals surface area contributed by atoms with Crippen molar-refractivity contribution >= 4 is 35.1 Å². The number of nitrogens with one attached hydrogen (secondary N) is 2. The van der Waals surface area contributed by atoms with Crippen LogP contribution in [0.15, 0.2) is 45.2 Å². The maximum atomic E-state index is 12.3. The minimum atomic E-state index is -2.48. The van der Waals surface area contributed by atoms with Gasteiger partial charge in [-0.05, 0) is 37.6 Å². The van der Waals surface area contributed by atoms with Crippen LogP contribution in [0.4, 0.5) is 14.5 Å². The van der Waals surface area contributed by atoms with Gasteiger partial charge in [0.1, 0.15) is 0 Å². The second kappa shape index (κ2) is 9.72. The van der Waals surface area contributed by atoms with Gasteiger partial charge in [0, 0.05) is 22.3 Å². The molecule has 0 spiro atoms. The molecule has 2 aromatic rings.